The Hall–Kier alpha value is -1.63. The molecule has 1 heteroatoms. The average Bonchev–Trinajstić information content (AvgIpc) is 2.39. The van der Waals surface area contributed by atoms with Gasteiger partial charge in [-0.15, -0.1) is 0 Å². The number of rotatable bonds is 3. The van der Waals surface area contributed by atoms with Gasteiger partial charge in [-0.1, -0.05) is 39.8 Å². The molecule has 0 saturated carbocycles. The van der Waals surface area contributed by atoms with E-state index in [-0.39, 0.29) is 0 Å². The summed E-state index contributed by atoms with van der Waals surface area (Å²) < 4.78 is 0. The van der Waals surface area contributed by atoms with E-state index < -0.39 is 0 Å². The van der Waals surface area contributed by atoms with E-state index in [0.717, 1.165) is 5.69 Å². The van der Waals surface area contributed by atoms with Crippen LogP contribution >= 0.6 is 0 Å². The third-order valence-corrected chi connectivity index (χ3v) is 3.65. The molecule has 0 aliphatic heterocycles. The van der Waals surface area contributed by atoms with E-state index in [4.69, 9.17) is 0 Å². The van der Waals surface area contributed by atoms with Gasteiger partial charge in [0.25, 0.3) is 0 Å². The fraction of sp³-hybridized carbons (Fsp3) is 0.389. The van der Waals surface area contributed by atoms with Gasteiger partial charge in [-0.2, -0.15) is 0 Å². The maximum absolute atomic E-state index is 4.52. The zero-order chi connectivity index (χ0) is 14.0. The number of hydrogen-bond donors (Lipinski definition) is 0. The number of nitrogens with zero attached hydrogens (tertiary/aromatic N) is 1. The molecule has 0 saturated heterocycles. The van der Waals surface area contributed by atoms with Crippen molar-refractivity contribution in [1.82, 2.24) is 4.98 Å². The van der Waals surface area contributed by atoms with Crippen molar-refractivity contribution in [2.75, 3.05) is 0 Å². The summed E-state index contributed by atoms with van der Waals surface area (Å²) >= 11 is 0. The average molecular weight is 253 g/mol. The molecule has 1 aromatic carbocycles. The van der Waals surface area contributed by atoms with E-state index in [9.17, 15) is 0 Å². The highest BCUT2D eigenvalue weighted by atomic mass is 14.7. The zero-order valence-electron chi connectivity index (χ0n) is 12.6. The zero-order valence-corrected chi connectivity index (χ0v) is 12.6. The van der Waals surface area contributed by atoms with Crippen LogP contribution in [0.5, 0.6) is 0 Å². The summed E-state index contributed by atoms with van der Waals surface area (Å²) in [6, 6.07) is 11.0. The molecule has 1 heterocycles. The Balaban J connectivity index is 2.47. The van der Waals surface area contributed by atoms with Gasteiger partial charge in [0.2, 0.25) is 0 Å². The summed E-state index contributed by atoms with van der Waals surface area (Å²) in [5.41, 5.74) is 6.41. The lowest BCUT2D eigenvalue weighted by molar-refractivity contribution is 0.856. The van der Waals surface area contributed by atoms with Gasteiger partial charge in [0.1, 0.15) is 0 Å². The van der Waals surface area contributed by atoms with Crippen molar-refractivity contribution in [3.8, 4) is 11.3 Å². The molecule has 0 aliphatic carbocycles. The normalized spacial score (nSPS) is 11.3. The molecule has 0 fully saturated rings. The molecule has 2 rings (SSSR count). The third kappa shape index (κ3) is 3.04. The Morgan fingerprint density at radius 1 is 0.895 bits per heavy atom. The smallest absolute Gasteiger partial charge is 0.0704 e. The predicted octanol–water partition coefficient (Wildman–Crippen LogP) is 5.30. The quantitative estimate of drug-likeness (QED) is 0.723. The highest BCUT2D eigenvalue weighted by Gasteiger charge is 2.08. The van der Waals surface area contributed by atoms with Crippen LogP contribution in [0.2, 0.25) is 0 Å². The lowest BCUT2D eigenvalue weighted by atomic mass is 9.94. The Morgan fingerprint density at radius 3 is 2.26 bits per heavy atom. The lowest BCUT2D eigenvalue weighted by Gasteiger charge is -2.13. The number of benzene rings is 1. The van der Waals surface area contributed by atoms with Gasteiger partial charge in [0, 0.05) is 11.8 Å². The lowest BCUT2D eigenvalue weighted by Crippen LogP contribution is -1.95. The molecule has 0 bridgehead atoms. The predicted molar refractivity (Wildman–Crippen MR) is 82.6 cm³/mol. The minimum Gasteiger partial charge on any atom is -0.256 e. The van der Waals surface area contributed by atoms with Gasteiger partial charge >= 0.3 is 0 Å². The summed E-state index contributed by atoms with van der Waals surface area (Å²) in [4.78, 5) is 4.52. The molecule has 100 valence electrons. The Labute approximate surface area is 116 Å². The molecule has 0 unspecified atom stereocenters. The standard InChI is InChI=1S/C18H23N/c1-12(2)15-8-9-19-18(11-15)16-7-6-14(5)17(10-16)13(3)4/h6-13H,1-5H3. The van der Waals surface area contributed by atoms with Crippen LogP contribution in [-0.2, 0) is 0 Å². The molecular formula is C18H23N. The van der Waals surface area contributed by atoms with Crippen LogP contribution < -0.4 is 0 Å². The first-order valence-electron chi connectivity index (χ1n) is 7.06. The fourth-order valence-corrected chi connectivity index (χ4v) is 2.39. The van der Waals surface area contributed by atoms with Crippen LogP contribution in [0.25, 0.3) is 11.3 Å². The highest BCUT2D eigenvalue weighted by Crippen LogP contribution is 2.27. The number of aryl methyl sites for hydroxylation is 1. The molecule has 0 aliphatic rings. The first-order valence-corrected chi connectivity index (χ1v) is 7.06. The molecule has 1 aromatic heterocycles. The van der Waals surface area contributed by atoms with Crippen molar-refractivity contribution >= 4 is 0 Å². The SMILES string of the molecule is Cc1ccc(-c2cc(C(C)C)ccn2)cc1C(C)C. The third-order valence-electron chi connectivity index (χ3n) is 3.65. The highest BCUT2D eigenvalue weighted by molar-refractivity contribution is 5.62. The minimum absolute atomic E-state index is 0.539. The summed E-state index contributed by atoms with van der Waals surface area (Å²) in [7, 11) is 0. The van der Waals surface area contributed by atoms with E-state index in [2.05, 4.69) is 69.9 Å². The monoisotopic (exact) mass is 253 g/mol. The second kappa shape index (κ2) is 5.56. The molecule has 0 amide bonds. The van der Waals surface area contributed by atoms with Crippen LogP contribution in [-0.4, -0.2) is 4.98 Å². The van der Waals surface area contributed by atoms with Crippen LogP contribution in [0.4, 0.5) is 0 Å². The van der Waals surface area contributed by atoms with E-state index in [1.165, 1.54) is 22.3 Å². The van der Waals surface area contributed by atoms with Gasteiger partial charge in [0.05, 0.1) is 5.69 Å². The van der Waals surface area contributed by atoms with Crippen molar-refractivity contribution < 1.29 is 0 Å². The summed E-state index contributed by atoms with van der Waals surface area (Å²) in [6.45, 7) is 11.1. The molecule has 0 radical (unpaired) electrons. The summed E-state index contributed by atoms with van der Waals surface area (Å²) in [6.07, 6.45) is 1.92. The van der Waals surface area contributed by atoms with Gasteiger partial charge in [-0.25, -0.2) is 0 Å². The fourth-order valence-electron chi connectivity index (χ4n) is 2.39. The second-order valence-electron chi connectivity index (χ2n) is 5.86. The van der Waals surface area contributed by atoms with E-state index in [0.29, 0.717) is 11.8 Å². The number of pyridine rings is 1. The maximum Gasteiger partial charge on any atom is 0.0704 e. The molecule has 19 heavy (non-hydrogen) atoms. The summed E-state index contributed by atoms with van der Waals surface area (Å²) in [5, 5.41) is 0. The van der Waals surface area contributed by atoms with Crippen molar-refractivity contribution in [2.45, 2.75) is 46.5 Å². The minimum atomic E-state index is 0.539. The Bertz CT molecular complexity index is 568. The van der Waals surface area contributed by atoms with Crippen LogP contribution in [0.1, 0.15) is 56.2 Å². The van der Waals surface area contributed by atoms with Crippen LogP contribution in [0.15, 0.2) is 36.5 Å². The first kappa shape index (κ1) is 13.8. The molecule has 1 nitrogen and oxygen atoms in total. The van der Waals surface area contributed by atoms with E-state index in [1.807, 2.05) is 6.20 Å². The van der Waals surface area contributed by atoms with E-state index >= 15 is 0 Å². The molecule has 0 N–H and O–H groups in total. The largest absolute Gasteiger partial charge is 0.256 e. The molecule has 0 spiro atoms. The van der Waals surface area contributed by atoms with Gasteiger partial charge < -0.3 is 0 Å². The Kier molecular flexibility index (Phi) is 4.04. The van der Waals surface area contributed by atoms with Gasteiger partial charge in [-0.3, -0.25) is 4.98 Å². The van der Waals surface area contributed by atoms with Crippen molar-refractivity contribution in [1.29, 1.82) is 0 Å². The second-order valence-corrected chi connectivity index (χ2v) is 5.86. The van der Waals surface area contributed by atoms with Gasteiger partial charge in [-0.05, 0) is 53.6 Å². The molecule has 0 atom stereocenters. The van der Waals surface area contributed by atoms with E-state index in [1.54, 1.807) is 0 Å². The van der Waals surface area contributed by atoms with Crippen LogP contribution in [0, 0.1) is 6.92 Å². The summed E-state index contributed by atoms with van der Waals surface area (Å²) in [5.74, 6) is 1.09. The number of aromatic nitrogens is 1. The topological polar surface area (TPSA) is 12.9 Å². The maximum atomic E-state index is 4.52. The Morgan fingerprint density at radius 2 is 1.63 bits per heavy atom. The van der Waals surface area contributed by atoms with Crippen molar-refractivity contribution in [3.63, 3.8) is 0 Å². The number of hydrogen-bond acceptors (Lipinski definition) is 1. The molecular weight excluding hydrogens is 230 g/mol. The molecule has 2 aromatic rings. The van der Waals surface area contributed by atoms with Gasteiger partial charge in [0.15, 0.2) is 0 Å². The van der Waals surface area contributed by atoms with Crippen molar-refractivity contribution in [2.24, 2.45) is 0 Å². The van der Waals surface area contributed by atoms with Crippen molar-refractivity contribution in [3.05, 3.63) is 53.2 Å². The first-order chi connectivity index (χ1) is 8.99. The van der Waals surface area contributed by atoms with Crippen LogP contribution in [0.3, 0.4) is 0 Å².